The molecule has 4 N–H and O–H groups in total. The van der Waals surface area contributed by atoms with E-state index >= 15 is 0 Å². The number of carbonyl (C=O) groups is 4. The van der Waals surface area contributed by atoms with E-state index in [4.69, 9.17) is 0 Å². The summed E-state index contributed by atoms with van der Waals surface area (Å²) in [6, 6.07) is 13.7. The summed E-state index contributed by atoms with van der Waals surface area (Å²) in [6.45, 7) is 2.16. The van der Waals surface area contributed by atoms with Gasteiger partial charge < -0.3 is 20.9 Å². The molecule has 0 saturated carbocycles. The zero-order valence-corrected chi connectivity index (χ0v) is 25.2. The Morgan fingerprint density at radius 1 is 0.977 bits per heavy atom. The first-order chi connectivity index (χ1) is 20.9. The SMILES string of the molecule is CCC(=O)NC(Cc1ccc(C2=NCCS2)cc1)C(=O)NCC(=O)NC(Cc1c[nH]c2ccccc12)C(=O)c1nccs1. The van der Waals surface area contributed by atoms with E-state index in [2.05, 4.69) is 30.9 Å². The lowest BCUT2D eigenvalue weighted by atomic mass is 10.0. The minimum absolute atomic E-state index is 0.217. The maximum atomic E-state index is 13.3. The zero-order valence-electron chi connectivity index (χ0n) is 23.6. The monoisotopic (exact) mass is 616 g/mol. The Hall–Kier alpha value is -4.29. The second-order valence-corrected chi connectivity index (χ2v) is 12.0. The first-order valence-corrected chi connectivity index (χ1v) is 15.9. The molecule has 2 unspecified atom stereocenters. The molecule has 4 aromatic rings. The third kappa shape index (κ3) is 7.76. The number of H-pyrrole nitrogens is 1. The molecular formula is C31H32N6O4S2. The molecule has 0 radical (unpaired) electrons. The summed E-state index contributed by atoms with van der Waals surface area (Å²) >= 11 is 2.92. The summed E-state index contributed by atoms with van der Waals surface area (Å²) < 4.78 is 0. The summed E-state index contributed by atoms with van der Waals surface area (Å²) in [7, 11) is 0. The van der Waals surface area contributed by atoms with Gasteiger partial charge in [-0.2, -0.15) is 0 Å². The maximum Gasteiger partial charge on any atom is 0.243 e. The van der Waals surface area contributed by atoms with Gasteiger partial charge in [0.2, 0.25) is 23.5 Å². The van der Waals surface area contributed by atoms with E-state index in [0.29, 0.717) is 5.01 Å². The van der Waals surface area contributed by atoms with Gasteiger partial charge in [0.15, 0.2) is 5.01 Å². The van der Waals surface area contributed by atoms with Crippen LogP contribution in [0.3, 0.4) is 0 Å². The predicted octanol–water partition coefficient (Wildman–Crippen LogP) is 3.28. The molecule has 10 nitrogen and oxygen atoms in total. The van der Waals surface area contributed by atoms with E-state index in [1.807, 2.05) is 54.7 Å². The number of aromatic nitrogens is 2. The Morgan fingerprint density at radius 3 is 2.49 bits per heavy atom. The van der Waals surface area contributed by atoms with Crippen LogP contribution < -0.4 is 16.0 Å². The van der Waals surface area contributed by atoms with E-state index < -0.39 is 23.9 Å². The van der Waals surface area contributed by atoms with Gasteiger partial charge in [-0.15, -0.1) is 23.1 Å². The highest BCUT2D eigenvalue weighted by molar-refractivity contribution is 8.14. The van der Waals surface area contributed by atoms with Crippen LogP contribution >= 0.6 is 23.1 Å². The van der Waals surface area contributed by atoms with Crippen LogP contribution in [0.25, 0.3) is 10.9 Å². The number of benzene rings is 2. The molecule has 0 spiro atoms. The number of amides is 3. The minimum atomic E-state index is -0.883. The van der Waals surface area contributed by atoms with Crippen LogP contribution in [0.15, 0.2) is 71.3 Å². The van der Waals surface area contributed by atoms with Crippen molar-refractivity contribution in [3.63, 3.8) is 0 Å². The molecule has 0 saturated heterocycles. The maximum absolute atomic E-state index is 13.3. The average Bonchev–Trinajstić information content (AvgIpc) is 3.82. The van der Waals surface area contributed by atoms with Crippen molar-refractivity contribution < 1.29 is 19.2 Å². The number of hydrogen-bond acceptors (Lipinski definition) is 8. The molecule has 0 fully saturated rings. The highest BCUT2D eigenvalue weighted by Gasteiger charge is 2.27. The zero-order chi connectivity index (χ0) is 30.2. The number of Topliss-reactive ketones (excluding diaryl/α,β-unsaturated/α-hetero) is 1. The molecule has 1 aliphatic heterocycles. The fourth-order valence-corrected chi connectivity index (χ4v) is 6.29. The predicted molar refractivity (Wildman–Crippen MR) is 170 cm³/mol. The lowest BCUT2D eigenvalue weighted by molar-refractivity contribution is -0.130. The summed E-state index contributed by atoms with van der Waals surface area (Å²) in [5.74, 6) is -0.623. The number of nitrogens with one attached hydrogen (secondary N) is 4. The number of fused-ring (bicyclic) bond motifs is 1. The third-order valence-corrected chi connectivity index (χ3v) is 8.83. The first kappa shape index (κ1) is 30.2. The van der Waals surface area contributed by atoms with Crippen molar-refractivity contribution in [1.29, 1.82) is 0 Å². The van der Waals surface area contributed by atoms with Gasteiger partial charge in [0.25, 0.3) is 0 Å². The fraction of sp³-hybridized carbons (Fsp3) is 0.290. The summed E-state index contributed by atoms with van der Waals surface area (Å²) in [5, 5.41) is 12.1. The molecule has 5 rings (SSSR count). The summed E-state index contributed by atoms with van der Waals surface area (Å²) in [4.78, 5) is 63.6. The number of carbonyl (C=O) groups excluding carboxylic acids is 4. The Labute approximate surface area is 257 Å². The first-order valence-electron chi connectivity index (χ1n) is 14.0. The molecule has 1 aliphatic rings. The second kappa shape index (κ2) is 14.3. The van der Waals surface area contributed by atoms with Crippen molar-refractivity contribution in [2.45, 2.75) is 38.3 Å². The number of aliphatic imine (C=N–C) groups is 1. The van der Waals surface area contributed by atoms with Gasteiger partial charge in [-0.05, 0) is 17.2 Å². The molecule has 222 valence electrons. The van der Waals surface area contributed by atoms with Crippen LogP contribution in [0.2, 0.25) is 0 Å². The minimum Gasteiger partial charge on any atom is -0.361 e. The van der Waals surface area contributed by atoms with Crippen LogP contribution in [0.4, 0.5) is 0 Å². The van der Waals surface area contributed by atoms with Crippen LogP contribution in [0, 0.1) is 0 Å². The van der Waals surface area contributed by atoms with Crippen molar-refractivity contribution in [3.05, 3.63) is 88.0 Å². The van der Waals surface area contributed by atoms with E-state index in [1.165, 1.54) is 11.3 Å². The molecule has 12 heteroatoms. The molecule has 3 amide bonds. The summed E-state index contributed by atoms with van der Waals surface area (Å²) in [6.07, 6.45) is 4.09. The molecule has 0 bridgehead atoms. The normalized spacial score (nSPS) is 14.1. The van der Waals surface area contributed by atoms with Gasteiger partial charge in [-0.3, -0.25) is 24.2 Å². The largest absolute Gasteiger partial charge is 0.361 e. The van der Waals surface area contributed by atoms with Crippen molar-refractivity contribution in [2.24, 2.45) is 4.99 Å². The van der Waals surface area contributed by atoms with Crippen LogP contribution in [-0.2, 0) is 27.2 Å². The second-order valence-electron chi connectivity index (χ2n) is 10.0. The number of aromatic amines is 1. The van der Waals surface area contributed by atoms with Gasteiger partial charge in [-0.25, -0.2) is 4.98 Å². The number of para-hydroxylation sites is 1. The molecule has 3 heterocycles. The average molecular weight is 617 g/mol. The highest BCUT2D eigenvalue weighted by Crippen LogP contribution is 2.21. The van der Waals surface area contributed by atoms with E-state index in [0.717, 1.165) is 44.9 Å². The number of thioether (sulfide) groups is 1. The van der Waals surface area contributed by atoms with Gasteiger partial charge in [-0.1, -0.05) is 49.4 Å². The Bertz CT molecular complexity index is 1630. The van der Waals surface area contributed by atoms with Crippen LogP contribution in [-0.4, -0.2) is 69.4 Å². The van der Waals surface area contributed by atoms with Crippen molar-refractivity contribution in [2.75, 3.05) is 18.8 Å². The van der Waals surface area contributed by atoms with Crippen molar-refractivity contribution in [3.8, 4) is 0 Å². The molecule has 2 atom stereocenters. The van der Waals surface area contributed by atoms with E-state index in [9.17, 15) is 19.2 Å². The summed E-state index contributed by atoms with van der Waals surface area (Å²) in [5.41, 5.74) is 3.69. The number of hydrogen-bond donors (Lipinski definition) is 4. The van der Waals surface area contributed by atoms with E-state index in [-0.39, 0.29) is 37.5 Å². The lowest BCUT2D eigenvalue weighted by Crippen LogP contribution is -2.51. The van der Waals surface area contributed by atoms with Crippen LogP contribution in [0.5, 0.6) is 0 Å². The van der Waals surface area contributed by atoms with Crippen LogP contribution in [0.1, 0.15) is 39.8 Å². The molecular weight excluding hydrogens is 585 g/mol. The lowest BCUT2D eigenvalue weighted by Gasteiger charge is -2.20. The van der Waals surface area contributed by atoms with Gasteiger partial charge in [0.05, 0.1) is 17.6 Å². The molecule has 0 aliphatic carbocycles. The smallest absolute Gasteiger partial charge is 0.243 e. The molecule has 2 aromatic carbocycles. The van der Waals surface area contributed by atoms with Gasteiger partial charge >= 0.3 is 0 Å². The number of nitrogens with zero attached hydrogens (tertiary/aromatic N) is 2. The fourth-order valence-electron chi connectivity index (χ4n) is 4.79. The topological polar surface area (TPSA) is 145 Å². The van der Waals surface area contributed by atoms with E-state index in [1.54, 1.807) is 30.3 Å². The number of ketones is 1. The van der Waals surface area contributed by atoms with Crippen molar-refractivity contribution >= 4 is 62.6 Å². The molecule has 2 aromatic heterocycles. The third-order valence-electron chi connectivity index (χ3n) is 7.02. The Morgan fingerprint density at radius 2 is 1.77 bits per heavy atom. The van der Waals surface area contributed by atoms with Gasteiger partial charge in [0, 0.05) is 65.8 Å². The quantitative estimate of drug-likeness (QED) is 0.170. The van der Waals surface area contributed by atoms with Crippen molar-refractivity contribution in [1.82, 2.24) is 25.9 Å². The van der Waals surface area contributed by atoms with Gasteiger partial charge in [0.1, 0.15) is 6.04 Å². The Kier molecular flexibility index (Phi) is 10.0. The highest BCUT2D eigenvalue weighted by atomic mass is 32.2. The standard InChI is InChI=1S/C31H32N6O4S2/c1-2-26(38)37-25(15-19-7-9-20(10-8-19)30-32-11-13-42-30)29(41)35-18-27(39)36-24(28(40)31-33-12-14-43-31)16-21-17-34-23-6-4-3-5-22(21)23/h3-10,12,14,17,24-25,34H,2,11,13,15-16,18H2,1H3,(H,35,41)(H,36,39)(H,37,38). The number of thiazole rings is 1. The number of rotatable bonds is 13. The Balaban J connectivity index is 1.23. The molecule has 43 heavy (non-hydrogen) atoms.